The van der Waals surface area contributed by atoms with E-state index in [0.29, 0.717) is 23.9 Å². The SMILES string of the molecule is Cc1ccc2nc(COC(=O)CCc3cccc(OC4CCCC4)c3)cc(=O)n2c1. The summed E-state index contributed by atoms with van der Waals surface area (Å²) < 4.78 is 12.8. The van der Waals surface area contributed by atoms with Crippen molar-refractivity contribution in [2.75, 3.05) is 0 Å². The molecule has 3 aromatic rings. The van der Waals surface area contributed by atoms with Gasteiger partial charge in [0, 0.05) is 18.7 Å². The Bertz CT molecular complexity index is 1100. The first-order valence-corrected chi connectivity index (χ1v) is 10.5. The minimum atomic E-state index is -0.317. The number of fused-ring (bicyclic) bond motifs is 1. The topological polar surface area (TPSA) is 69.9 Å². The van der Waals surface area contributed by atoms with E-state index in [0.717, 1.165) is 29.7 Å². The minimum absolute atomic E-state index is 0.0106. The molecule has 30 heavy (non-hydrogen) atoms. The van der Waals surface area contributed by atoms with Crippen molar-refractivity contribution in [3.63, 3.8) is 0 Å². The van der Waals surface area contributed by atoms with Crippen molar-refractivity contribution in [2.45, 2.75) is 58.2 Å². The van der Waals surface area contributed by atoms with Gasteiger partial charge in [-0.15, -0.1) is 0 Å². The van der Waals surface area contributed by atoms with Crippen molar-refractivity contribution in [3.8, 4) is 5.75 Å². The fourth-order valence-corrected chi connectivity index (χ4v) is 3.78. The highest BCUT2D eigenvalue weighted by Gasteiger charge is 2.16. The summed E-state index contributed by atoms with van der Waals surface area (Å²) in [7, 11) is 0. The van der Waals surface area contributed by atoms with Crippen molar-refractivity contribution in [3.05, 3.63) is 75.8 Å². The van der Waals surface area contributed by atoms with Gasteiger partial charge in [0.15, 0.2) is 0 Å². The summed E-state index contributed by atoms with van der Waals surface area (Å²) in [5.41, 5.74) is 2.82. The molecule has 0 atom stereocenters. The molecular weight excluding hydrogens is 380 g/mol. The molecular formula is C24H26N2O4. The summed E-state index contributed by atoms with van der Waals surface area (Å²) in [6.07, 6.45) is 7.58. The van der Waals surface area contributed by atoms with Crippen LogP contribution in [0.1, 0.15) is 48.9 Å². The zero-order valence-electron chi connectivity index (χ0n) is 17.2. The molecule has 4 rings (SSSR count). The molecule has 156 valence electrons. The number of aryl methyl sites for hydroxylation is 2. The standard InChI is InChI=1S/C24H26N2O4/c1-17-9-11-22-25-19(14-23(27)26(22)15-17)16-29-24(28)12-10-18-5-4-8-21(13-18)30-20-6-2-3-7-20/h4-5,8-9,11,13-15,20H,2-3,6-7,10,12,16H2,1H3. The van der Waals surface area contributed by atoms with E-state index in [1.54, 1.807) is 12.3 Å². The molecule has 1 aromatic carbocycles. The van der Waals surface area contributed by atoms with Crippen LogP contribution in [0, 0.1) is 6.92 Å². The van der Waals surface area contributed by atoms with Crippen LogP contribution in [-0.2, 0) is 22.6 Å². The molecule has 1 fully saturated rings. The zero-order chi connectivity index (χ0) is 20.9. The Balaban J connectivity index is 1.30. The van der Waals surface area contributed by atoms with Crippen LogP contribution in [0.2, 0.25) is 0 Å². The van der Waals surface area contributed by atoms with Crippen molar-refractivity contribution in [2.24, 2.45) is 0 Å². The first kappa shape index (κ1) is 20.1. The number of nitrogens with zero attached hydrogens (tertiary/aromatic N) is 2. The largest absolute Gasteiger partial charge is 0.490 e. The maximum absolute atomic E-state index is 12.2. The van der Waals surface area contributed by atoms with E-state index in [1.165, 1.54) is 23.3 Å². The molecule has 1 saturated carbocycles. The van der Waals surface area contributed by atoms with E-state index in [-0.39, 0.29) is 24.6 Å². The van der Waals surface area contributed by atoms with Crippen LogP contribution in [-0.4, -0.2) is 21.5 Å². The molecule has 0 bridgehead atoms. The van der Waals surface area contributed by atoms with Gasteiger partial charge in [0.25, 0.3) is 5.56 Å². The number of hydrogen-bond acceptors (Lipinski definition) is 5. The summed E-state index contributed by atoms with van der Waals surface area (Å²) in [5.74, 6) is 0.548. The number of rotatable bonds is 7. The van der Waals surface area contributed by atoms with Crippen LogP contribution >= 0.6 is 0 Å². The van der Waals surface area contributed by atoms with Crippen molar-refractivity contribution < 1.29 is 14.3 Å². The van der Waals surface area contributed by atoms with Crippen LogP contribution < -0.4 is 10.3 Å². The molecule has 0 unspecified atom stereocenters. The first-order chi connectivity index (χ1) is 14.6. The molecule has 0 radical (unpaired) electrons. The quantitative estimate of drug-likeness (QED) is 0.555. The van der Waals surface area contributed by atoms with Gasteiger partial charge in [0.05, 0.1) is 11.8 Å². The van der Waals surface area contributed by atoms with Gasteiger partial charge in [-0.2, -0.15) is 0 Å². The van der Waals surface area contributed by atoms with Gasteiger partial charge in [-0.3, -0.25) is 14.0 Å². The van der Waals surface area contributed by atoms with E-state index in [1.807, 2.05) is 37.3 Å². The maximum atomic E-state index is 12.2. The van der Waals surface area contributed by atoms with E-state index < -0.39 is 0 Å². The molecule has 0 N–H and O–H groups in total. The highest BCUT2D eigenvalue weighted by Crippen LogP contribution is 2.24. The average molecular weight is 406 g/mol. The summed E-state index contributed by atoms with van der Waals surface area (Å²) in [4.78, 5) is 28.8. The Morgan fingerprint density at radius 1 is 1.17 bits per heavy atom. The minimum Gasteiger partial charge on any atom is -0.490 e. The third-order valence-electron chi connectivity index (χ3n) is 5.36. The van der Waals surface area contributed by atoms with Gasteiger partial charge < -0.3 is 9.47 Å². The lowest BCUT2D eigenvalue weighted by Crippen LogP contribution is -2.17. The maximum Gasteiger partial charge on any atom is 0.306 e. The Hall–Kier alpha value is -3.15. The lowest BCUT2D eigenvalue weighted by atomic mass is 10.1. The molecule has 1 aliphatic carbocycles. The highest BCUT2D eigenvalue weighted by molar-refractivity contribution is 5.69. The number of pyridine rings is 1. The zero-order valence-corrected chi connectivity index (χ0v) is 17.2. The van der Waals surface area contributed by atoms with Crippen molar-refractivity contribution >= 4 is 11.6 Å². The van der Waals surface area contributed by atoms with Gasteiger partial charge >= 0.3 is 5.97 Å². The van der Waals surface area contributed by atoms with Crippen molar-refractivity contribution in [1.29, 1.82) is 0 Å². The molecule has 2 heterocycles. The summed E-state index contributed by atoms with van der Waals surface area (Å²) in [6.45, 7) is 1.90. The Labute approximate surface area is 175 Å². The second-order valence-corrected chi connectivity index (χ2v) is 7.85. The lowest BCUT2D eigenvalue weighted by molar-refractivity contribution is -0.145. The van der Waals surface area contributed by atoms with Gasteiger partial charge in [-0.1, -0.05) is 18.2 Å². The molecule has 6 heteroatoms. The van der Waals surface area contributed by atoms with E-state index in [9.17, 15) is 9.59 Å². The van der Waals surface area contributed by atoms with Crippen LogP contribution in [0.3, 0.4) is 0 Å². The Morgan fingerprint density at radius 3 is 2.83 bits per heavy atom. The number of ether oxygens (including phenoxy) is 2. The normalized spacial score (nSPS) is 14.2. The Morgan fingerprint density at radius 2 is 2.00 bits per heavy atom. The average Bonchev–Trinajstić information content (AvgIpc) is 3.24. The number of aromatic nitrogens is 2. The highest BCUT2D eigenvalue weighted by atomic mass is 16.5. The van der Waals surface area contributed by atoms with Crippen molar-refractivity contribution in [1.82, 2.24) is 9.38 Å². The Kier molecular flexibility index (Phi) is 6.12. The number of carbonyl (C=O) groups is 1. The lowest BCUT2D eigenvalue weighted by Gasteiger charge is -2.13. The molecule has 0 aliphatic heterocycles. The monoisotopic (exact) mass is 406 g/mol. The van der Waals surface area contributed by atoms with Crippen LogP contribution in [0.4, 0.5) is 0 Å². The van der Waals surface area contributed by atoms with Crippen LogP contribution in [0.5, 0.6) is 5.75 Å². The first-order valence-electron chi connectivity index (χ1n) is 10.5. The molecule has 0 saturated heterocycles. The summed E-state index contributed by atoms with van der Waals surface area (Å²) in [6, 6.07) is 13.0. The predicted molar refractivity (Wildman–Crippen MR) is 114 cm³/mol. The van der Waals surface area contributed by atoms with Gasteiger partial charge in [-0.25, -0.2) is 4.98 Å². The van der Waals surface area contributed by atoms with Gasteiger partial charge in [0.1, 0.15) is 18.0 Å². The second-order valence-electron chi connectivity index (χ2n) is 7.85. The van der Waals surface area contributed by atoms with Gasteiger partial charge in [-0.05, 0) is 68.4 Å². The molecule has 2 aromatic heterocycles. The van der Waals surface area contributed by atoms with E-state index in [2.05, 4.69) is 4.98 Å². The van der Waals surface area contributed by atoms with Gasteiger partial charge in [0.2, 0.25) is 0 Å². The predicted octanol–water partition coefficient (Wildman–Crippen LogP) is 4.00. The third-order valence-corrected chi connectivity index (χ3v) is 5.36. The third kappa shape index (κ3) is 5.06. The smallest absolute Gasteiger partial charge is 0.306 e. The number of esters is 1. The summed E-state index contributed by atoms with van der Waals surface area (Å²) >= 11 is 0. The number of hydrogen-bond donors (Lipinski definition) is 0. The molecule has 0 amide bonds. The van der Waals surface area contributed by atoms with E-state index >= 15 is 0 Å². The number of benzene rings is 1. The van der Waals surface area contributed by atoms with Crippen LogP contribution in [0.25, 0.3) is 5.65 Å². The molecule has 0 spiro atoms. The van der Waals surface area contributed by atoms with E-state index in [4.69, 9.17) is 9.47 Å². The fourth-order valence-electron chi connectivity index (χ4n) is 3.78. The number of carbonyl (C=O) groups excluding carboxylic acids is 1. The second kappa shape index (κ2) is 9.11. The van der Waals surface area contributed by atoms with Crippen LogP contribution in [0.15, 0.2) is 53.5 Å². The molecule has 6 nitrogen and oxygen atoms in total. The fraction of sp³-hybridized carbons (Fsp3) is 0.375. The molecule has 1 aliphatic rings. The summed E-state index contributed by atoms with van der Waals surface area (Å²) in [5, 5.41) is 0.